The van der Waals surface area contributed by atoms with Crippen LogP contribution in [0.3, 0.4) is 0 Å². The van der Waals surface area contributed by atoms with Crippen LogP contribution in [0.25, 0.3) is 16.6 Å². The number of nitrogens with zero attached hydrogens (tertiary/aromatic N) is 3. The topological polar surface area (TPSA) is 49.1 Å². The first-order valence-corrected chi connectivity index (χ1v) is 12.1. The number of aromatic nitrogens is 3. The molecule has 0 aliphatic heterocycles. The maximum Gasteiger partial charge on any atom is 0.338 e. The third kappa shape index (κ3) is 4.27. The summed E-state index contributed by atoms with van der Waals surface area (Å²) in [5.74, 6) is -0.136. The number of esters is 1. The zero-order valence-electron chi connectivity index (χ0n) is 18.3. The fraction of sp³-hybridized carbons (Fsp3) is 0.280. The van der Waals surface area contributed by atoms with Crippen LogP contribution < -0.4 is 0 Å². The Balaban J connectivity index is 1.59. The summed E-state index contributed by atoms with van der Waals surface area (Å²) in [5, 5.41) is 5.33. The number of carbonyl (C=O) groups excluding carboxylic acids is 1. The number of hydrogen-bond acceptors (Lipinski definition) is 4. The predicted molar refractivity (Wildman–Crippen MR) is 128 cm³/mol. The summed E-state index contributed by atoms with van der Waals surface area (Å²) in [5.41, 5.74) is 2.59. The number of rotatable bonds is 7. The Morgan fingerprint density at radius 1 is 1.30 bits per heavy atom. The quantitative estimate of drug-likeness (QED) is 0.275. The van der Waals surface area contributed by atoms with Crippen molar-refractivity contribution in [3.05, 3.63) is 70.9 Å². The number of halogens is 2. The molecule has 5 rings (SSSR count). The summed E-state index contributed by atoms with van der Waals surface area (Å²) in [7, 11) is 0. The summed E-state index contributed by atoms with van der Waals surface area (Å²) in [6, 6.07) is 10.7. The monoisotopic (exact) mass is 483 g/mol. The van der Waals surface area contributed by atoms with E-state index in [0.29, 0.717) is 23.6 Å². The first-order chi connectivity index (χ1) is 16.0. The molecular formula is C25H23ClFN3O2S. The number of fused-ring (bicyclic) bond motifs is 1. The number of carbonyl (C=O) groups is 1. The Morgan fingerprint density at radius 2 is 2.12 bits per heavy atom. The second-order valence-electron chi connectivity index (χ2n) is 8.22. The Labute approximate surface area is 200 Å². The normalized spacial score (nSPS) is 13.6. The minimum Gasteiger partial charge on any atom is -0.462 e. The van der Waals surface area contributed by atoms with E-state index >= 15 is 4.39 Å². The van der Waals surface area contributed by atoms with Crippen molar-refractivity contribution in [2.75, 3.05) is 6.61 Å². The maximum absolute atomic E-state index is 15.3. The number of hydrogen-bond donors (Lipinski definition) is 0. The summed E-state index contributed by atoms with van der Waals surface area (Å²) < 4.78 is 24.2. The second kappa shape index (κ2) is 8.88. The van der Waals surface area contributed by atoms with E-state index in [9.17, 15) is 4.79 Å². The lowest BCUT2D eigenvalue weighted by Crippen LogP contribution is -2.04. The van der Waals surface area contributed by atoms with Crippen LogP contribution in [0.2, 0.25) is 5.02 Å². The van der Waals surface area contributed by atoms with E-state index in [1.54, 1.807) is 31.3 Å². The van der Waals surface area contributed by atoms with Crippen LogP contribution in [-0.4, -0.2) is 26.9 Å². The molecule has 1 aliphatic rings. The zero-order chi connectivity index (χ0) is 23.1. The van der Waals surface area contributed by atoms with E-state index in [4.69, 9.17) is 16.3 Å². The molecule has 0 amide bonds. The van der Waals surface area contributed by atoms with Crippen molar-refractivity contribution >= 4 is 40.2 Å². The minimum atomic E-state index is -0.459. The highest BCUT2D eigenvalue weighted by molar-refractivity contribution is 7.99. The molecule has 0 atom stereocenters. The molecule has 0 radical (unpaired) electrons. The second-order valence-corrected chi connectivity index (χ2v) is 9.71. The first-order valence-electron chi connectivity index (χ1n) is 10.9. The molecule has 33 heavy (non-hydrogen) atoms. The molecular weight excluding hydrogens is 461 g/mol. The van der Waals surface area contributed by atoms with Crippen LogP contribution in [0.1, 0.15) is 35.8 Å². The van der Waals surface area contributed by atoms with Gasteiger partial charge in [0.25, 0.3) is 0 Å². The summed E-state index contributed by atoms with van der Waals surface area (Å²) in [4.78, 5) is 13.9. The van der Waals surface area contributed by atoms with Gasteiger partial charge in [0.1, 0.15) is 0 Å². The van der Waals surface area contributed by atoms with E-state index < -0.39 is 5.82 Å². The highest BCUT2D eigenvalue weighted by Crippen LogP contribution is 2.42. The zero-order valence-corrected chi connectivity index (χ0v) is 19.9. The Kier molecular flexibility index (Phi) is 5.93. The standard InChI is InChI=1S/C25H23ClFN3O2S/c1-3-32-25(31)17-5-4-6-19(11-17)33-24-15(2)30(23-20(24)9-10-21(26)22(23)27)18-12-28-29(14-18)13-16-7-8-16/h4-6,9-12,14,16H,3,7-8,13H2,1-2H3. The summed E-state index contributed by atoms with van der Waals surface area (Å²) in [6.07, 6.45) is 6.19. The molecule has 0 N–H and O–H groups in total. The van der Waals surface area contributed by atoms with Gasteiger partial charge in [0.05, 0.1) is 34.6 Å². The van der Waals surface area contributed by atoms with Crippen LogP contribution in [0.5, 0.6) is 0 Å². The minimum absolute atomic E-state index is 0.0764. The van der Waals surface area contributed by atoms with Crippen molar-refractivity contribution in [3.8, 4) is 5.69 Å². The highest BCUT2D eigenvalue weighted by Gasteiger charge is 2.24. The average Bonchev–Trinajstić information content (AvgIpc) is 3.43. The molecule has 170 valence electrons. The molecule has 2 aromatic carbocycles. The van der Waals surface area contributed by atoms with Crippen molar-refractivity contribution in [3.63, 3.8) is 0 Å². The van der Waals surface area contributed by atoms with Gasteiger partial charge < -0.3 is 9.30 Å². The van der Waals surface area contributed by atoms with Crippen molar-refractivity contribution < 1.29 is 13.9 Å². The smallest absolute Gasteiger partial charge is 0.338 e. The lowest BCUT2D eigenvalue weighted by molar-refractivity contribution is 0.0526. The molecule has 4 aromatic rings. The van der Waals surface area contributed by atoms with Crippen LogP contribution >= 0.6 is 23.4 Å². The molecule has 0 unspecified atom stereocenters. The SMILES string of the molecule is CCOC(=O)c1cccc(Sc2c(C)n(-c3cnn(CC4CC4)c3)c3c(F)c(Cl)ccc23)c1. The van der Waals surface area contributed by atoms with E-state index in [1.807, 2.05) is 40.6 Å². The van der Waals surface area contributed by atoms with E-state index in [1.165, 1.54) is 24.6 Å². The lowest BCUT2D eigenvalue weighted by atomic mass is 10.2. The van der Waals surface area contributed by atoms with Gasteiger partial charge in [-0.05, 0) is 62.9 Å². The molecule has 0 saturated heterocycles. The molecule has 2 aromatic heterocycles. The molecule has 1 saturated carbocycles. The molecule has 1 fully saturated rings. The van der Waals surface area contributed by atoms with Gasteiger partial charge >= 0.3 is 5.97 Å². The van der Waals surface area contributed by atoms with Gasteiger partial charge in [0.15, 0.2) is 5.82 Å². The Bertz CT molecular complexity index is 1360. The van der Waals surface area contributed by atoms with Crippen LogP contribution in [-0.2, 0) is 11.3 Å². The van der Waals surface area contributed by atoms with E-state index in [-0.39, 0.29) is 11.0 Å². The van der Waals surface area contributed by atoms with Gasteiger partial charge in [0.2, 0.25) is 0 Å². The molecule has 8 heteroatoms. The van der Waals surface area contributed by atoms with Crippen molar-refractivity contribution in [2.24, 2.45) is 5.92 Å². The highest BCUT2D eigenvalue weighted by atomic mass is 35.5. The summed E-state index contributed by atoms with van der Waals surface area (Å²) in [6.45, 7) is 4.94. The van der Waals surface area contributed by atoms with Crippen molar-refractivity contribution in [2.45, 2.75) is 43.0 Å². The fourth-order valence-corrected chi connectivity index (χ4v) is 5.24. The lowest BCUT2D eigenvalue weighted by Gasteiger charge is -2.07. The van der Waals surface area contributed by atoms with Gasteiger partial charge in [0, 0.05) is 33.6 Å². The van der Waals surface area contributed by atoms with Crippen LogP contribution in [0.4, 0.5) is 4.39 Å². The van der Waals surface area contributed by atoms with Gasteiger partial charge in [-0.3, -0.25) is 4.68 Å². The van der Waals surface area contributed by atoms with E-state index in [2.05, 4.69) is 5.10 Å². The predicted octanol–water partition coefficient (Wildman–Crippen LogP) is 6.67. The van der Waals surface area contributed by atoms with E-state index in [0.717, 1.165) is 33.1 Å². The molecule has 2 heterocycles. The van der Waals surface area contributed by atoms with Gasteiger partial charge in [-0.25, -0.2) is 9.18 Å². The maximum atomic E-state index is 15.3. The number of benzene rings is 2. The van der Waals surface area contributed by atoms with Gasteiger partial charge in [-0.1, -0.05) is 29.4 Å². The number of ether oxygens (including phenoxy) is 1. The van der Waals surface area contributed by atoms with Crippen LogP contribution in [0, 0.1) is 18.7 Å². The Morgan fingerprint density at radius 3 is 2.88 bits per heavy atom. The van der Waals surface area contributed by atoms with Gasteiger partial charge in [-0.15, -0.1) is 0 Å². The molecule has 0 bridgehead atoms. The molecule has 5 nitrogen and oxygen atoms in total. The molecule has 1 aliphatic carbocycles. The van der Waals surface area contributed by atoms with Crippen LogP contribution in [0.15, 0.2) is 58.6 Å². The average molecular weight is 484 g/mol. The molecule has 0 spiro atoms. The van der Waals surface area contributed by atoms with Gasteiger partial charge in [-0.2, -0.15) is 5.10 Å². The third-order valence-electron chi connectivity index (χ3n) is 5.79. The van der Waals surface area contributed by atoms with Crippen molar-refractivity contribution in [1.82, 2.24) is 14.3 Å². The summed E-state index contributed by atoms with van der Waals surface area (Å²) >= 11 is 7.65. The largest absolute Gasteiger partial charge is 0.462 e. The first kappa shape index (κ1) is 22.0. The fourth-order valence-electron chi connectivity index (χ4n) is 4.01. The third-order valence-corrected chi connectivity index (χ3v) is 7.29. The Hall–Kier alpha value is -2.77. The van der Waals surface area contributed by atoms with Crippen molar-refractivity contribution in [1.29, 1.82) is 0 Å².